The summed E-state index contributed by atoms with van der Waals surface area (Å²) in [5.41, 5.74) is 2.38. The molecule has 0 aliphatic carbocycles. The lowest BCUT2D eigenvalue weighted by molar-refractivity contribution is 0.132. The number of benzene rings is 2. The lowest BCUT2D eigenvalue weighted by Gasteiger charge is -2.24. The van der Waals surface area contributed by atoms with Crippen molar-refractivity contribution in [3.8, 4) is 11.5 Å². The molecule has 7 heteroatoms. The van der Waals surface area contributed by atoms with E-state index in [9.17, 15) is 4.79 Å². The van der Waals surface area contributed by atoms with Crippen LogP contribution in [0.15, 0.2) is 59.7 Å². The van der Waals surface area contributed by atoms with Crippen LogP contribution in [0.5, 0.6) is 11.5 Å². The Labute approximate surface area is 177 Å². The molecule has 1 unspecified atom stereocenters. The van der Waals surface area contributed by atoms with E-state index in [-0.39, 0.29) is 18.8 Å². The van der Waals surface area contributed by atoms with E-state index in [2.05, 4.69) is 11.7 Å². The Morgan fingerprint density at radius 1 is 1.30 bits per heavy atom. The van der Waals surface area contributed by atoms with E-state index >= 15 is 0 Å². The minimum absolute atomic E-state index is 0.0367. The van der Waals surface area contributed by atoms with Gasteiger partial charge in [0.25, 0.3) is 0 Å². The molecular formula is C23H27N3O4. The fraction of sp³-hybridized carbons (Fsp3) is 0.304. The third kappa shape index (κ3) is 4.99. The highest BCUT2D eigenvalue weighted by Gasteiger charge is 2.27. The van der Waals surface area contributed by atoms with Gasteiger partial charge in [0.1, 0.15) is 13.3 Å². The van der Waals surface area contributed by atoms with E-state index in [1.807, 2.05) is 55.5 Å². The Kier molecular flexibility index (Phi) is 7.08. The SMILES string of the molecule is C=NC(=CN(C)C(=O)N1COCC1C)c1ccc(OCc2ccccc2)c(OC)c1. The van der Waals surface area contributed by atoms with Gasteiger partial charge in [-0.25, -0.2) is 4.79 Å². The summed E-state index contributed by atoms with van der Waals surface area (Å²) in [7, 11) is 3.27. The molecule has 7 nitrogen and oxygen atoms in total. The van der Waals surface area contributed by atoms with Crippen LogP contribution < -0.4 is 9.47 Å². The quantitative estimate of drug-likeness (QED) is 0.649. The number of carbonyl (C=O) groups is 1. The van der Waals surface area contributed by atoms with E-state index in [4.69, 9.17) is 14.2 Å². The number of aliphatic imine (C=N–C) groups is 1. The molecule has 1 atom stereocenters. The highest BCUT2D eigenvalue weighted by atomic mass is 16.5. The fourth-order valence-corrected chi connectivity index (χ4v) is 3.11. The zero-order valence-electron chi connectivity index (χ0n) is 17.6. The number of carbonyl (C=O) groups excluding carboxylic acids is 1. The average Bonchev–Trinajstić information content (AvgIpc) is 3.21. The molecule has 0 N–H and O–H groups in total. The van der Waals surface area contributed by atoms with Gasteiger partial charge in [0.15, 0.2) is 11.5 Å². The number of ether oxygens (including phenoxy) is 3. The van der Waals surface area contributed by atoms with Crippen molar-refractivity contribution in [2.45, 2.75) is 19.6 Å². The van der Waals surface area contributed by atoms with Gasteiger partial charge in [0, 0.05) is 18.8 Å². The van der Waals surface area contributed by atoms with Crippen molar-refractivity contribution in [2.24, 2.45) is 4.99 Å². The molecule has 158 valence electrons. The monoisotopic (exact) mass is 409 g/mol. The van der Waals surface area contributed by atoms with Crippen LogP contribution in [-0.4, -0.2) is 56.1 Å². The van der Waals surface area contributed by atoms with Gasteiger partial charge < -0.3 is 19.1 Å². The highest BCUT2D eigenvalue weighted by molar-refractivity contribution is 5.79. The molecule has 1 aliphatic heterocycles. The molecule has 0 bridgehead atoms. The zero-order chi connectivity index (χ0) is 21.5. The number of amides is 2. The van der Waals surface area contributed by atoms with Gasteiger partial charge in [-0.3, -0.25) is 9.89 Å². The maximum Gasteiger partial charge on any atom is 0.325 e. The fourth-order valence-electron chi connectivity index (χ4n) is 3.11. The summed E-state index contributed by atoms with van der Waals surface area (Å²) in [4.78, 5) is 19.9. The normalized spacial score (nSPS) is 16.3. The molecule has 1 aliphatic rings. The summed E-state index contributed by atoms with van der Waals surface area (Å²) < 4.78 is 16.7. The second-order valence-corrected chi connectivity index (χ2v) is 7.02. The standard InChI is InChI=1S/C23H27N3O4/c1-17-14-29-16-26(17)23(27)25(3)13-20(24-2)19-10-11-21(22(12-19)28-4)30-15-18-8-6-5-7-9-18/h5-13,17H,2,14-16H2,1,3-4H3. The van der Waals surface area contributed by atoms with Crippen LogP contribution in [-0.2, 0) is 11.3 Å². The molecule has 3 rings (SSSR count). The van der Waals surface area contributed by atoms with Crippen LogP contribution in [0.3, 0.4) is 0 Å². The maximum atomic E-state index is 12.7. The molecule has 2 aromatic carbocycles. The number of hydrogen-bond donors (Lipinski definition) is 0. The van der Waals surface area contributed by atoms with E-state index < -0.39 is 0 Å². The molecule has 1 heterocycles. The van der Waals surface area contributed by atoms with Gasteiger partial charge in [0.2, 0.25) is 0 Å². The van der Waals surface area contributed by atoms with Gasteiger partial charge in [-0.05, 0) is 37.4 Å². The minimum atomic E-state index is -0.157. The second kappa shape index (κ2) is 9.93. The molecule has 1 saturated heterocycles. The van der Waals surface area contributed by atoms with Crippen LogP contribution in [0.4, 0.5) is 4.79 Å². The van der Waals surface area contributed by atoms with Gasteiger partial charge in [-0.15, -0.1) is 0 Å². The van der Waals surface area contributed by atoms with E-state index in [1.54, 1.807) is 25.3 Å². The maximum absolute atomic E-state index is 12.7. The van der Waals surface area contributed by atoms with Crippen LogP contribution in [0, 0.1) is 0 Å². The molecule has 0 saturated carbocycles. The first-order valence-corrected chi connectivity index (χ1v) is 9.68. The predicted octanol–water partition coefficient (Wildman–Crippen LogP) is 4.00. The Balaban J connectivity index is 1.76. The highest BCUT2D eigenvalue weighted by Crippen LogP contribution is 2.32. The van der Waals surface area contributed by atoms with Crippen molar-refractivity contribution in [3.63, 3.8) is 0 Å². The second-order valence-electron chi connectivity index (χ2n) is 7.02. The van der Waals surface area contributed by atoms with Crippen molar-refractivity contribution in [3.05, 3.63) is 65.9 Å². The van der Waals surface area contributed by atoms with Gasteiger partial charge in [-0.2, -0.15) is 0 Å². The summed E-state index contributed by atoms with van der Waals surface area (Å²) >= 11 is 0. The Morgan fingerprint density at radius 3 is 2.70 bits per heavy atom. The van der Waals surface area contributed by atoms with Gasteiger partial charge >= 0.3 is 6.03 Å². The Bertz CT molecular complexity index is 914. The number of nitrogens with zero attached hydrogens (tertiary/aromatic N) is 3. The van der Waals surface area contributed by atoms with Gasteiger partial charge in [0.05, 0.1) is 25.5 Å². The van der Waals surface area contributed by atoms with Crippen LogP contribution >= 0.6 is 0 Å². The molecule has 1 fully saturated rings. The number of methoxy groups -OCH3 is 1. The van der Waals surface area contributed by atoms with Crippen molar-refractivity contribution >= 4 is 18.4 Å². The topological polar surface area (TPSA) is 63.6 Å². The number of urea groups is 1. The summed E-state index contributed by atoms with van der Waals surface area (Å²) in [6, 6.07) is 15.3. The first-order valence-electron chi connectivity index (χ1n) is 9.68. The van der Waals surface area contributed by atoms with E-state index in [1.165, 1.54) is 4.90 Å². The third-order valence-electron chi connectivity index (χ3n) is 4.85. The molecule has 2 aromatic rings. The predicted molar refractivity (Wildman–Crippen MR) is 117 cm³/mol. The molecule has 0 spiro atoms. The summed E-state index contributed by atoms with van der Waals surface area (Å²) in [6.07, 6.45) is 1.65. The van der Waals surface area contributed by atoms with Gasteiger partial charge in [-0.1, -0.05) is 30.3 Å². The third-order valence-corrected chi connectivity index (χ3v) is 4.85. The van der Waals surface area contributed by atoms with Crippen molar-refractivity contribution in [1.82, 2.24) is 9.80 Å². The summed E-state index contributed by atoms with van der Waals surface area (Å²) in [5, 5.41) is 0. The smallest absolute Gasteiger partial charge is 0.325 e. The van der Waals surface area contributed by atoms with Crippen LogP contribution in [0.1, 0.15) is 18.1 Å². The zero-order valence-corrected chi connectivity index (χ0v) is 17.6. The summed E-state index contributed by atoms with van der Waals surface area (Å²) in [6.45, 7) is 6.87. The van der Waals surface area contributed by atoms with E-state index in [0.29, 0.717) is 30.4 Å². The van der Waals surface area contributed by atoms with Crippen molar-refractivity contribution in [2.75, 3.05) is 27.5 Å². The molecule has 0 radical (unpaired) electrons. The number of hydrogen-bond acceptors (Lipinski definition) is 5. The molecule has 2 amide bonds. The van der Waals surface area contributed by atoms with E-state index in [0.717, 1.165) is 11.1 Å². The lowest BCUT2D eigenvalue weighted by atomic mass is 10.1. The first kappa shape index (κ1) is 21.4. The average molecular weight is 409 g/mol. The minimum Gasteiger partial charge on any atom is -0.493 e. The van der Waals surface area contributed by atoms with Crippen LogP contribution in [0.2, 0.25) is 0 Å². The molecule has 30 heavy (non-hydrogen) atoms. The largest absolute Gasteiger partial charge is 0.493 e. The van der Waals surface area contributed by atoms with Crippen LogP contribution in [0.25, 0.3) is 5.70 Å². The Hall–Kier alpha value is -3.32. The lowest BCUT2D eigenvalue weighted by Crippen LogP contribution is -2.41. The van der Waals surface area contributed by atoms with Crippen molar-refractivity contribution < 1.29 is 19.0 Å². The Morgan fingerprint density at radius 2 is 2.07 bits per heavy atom. The molecule has 0 aromatic heterocycles. The molecular weight excluding hydrogens is 382 g/mol. The number of rotatable bonds is 7. The van der Waals surface area contributed by atoms with Crippen molar-refractivity contribution in [1.29, 1.82) is 0 Å². The first-order chi connectivity index (χ1) is 14.5. The summed E-state index contributed by atoms with van der Waals surface area (Å²) in [5.74, 6) is 1.20.